The van der Waals surface area contributed by atoms with Crippen molar-refractivity contribution >= 4 is 5.91 Å². The van der Waals surface area contributed by atoms with E-state index in [1.807, 2.05) is 0 Å². The summed E-state index contributed by atoms with van der Waals surface area (Å²) in [6.07, 6.45) is 3.63. The maximum atomic E-state index is 11.5. The van der Waals surface area contributed by atoms with Crippen LogP contribution < -0.4 is 5.73 Å². The van der Waals surface area contributed by atoms with Crippen molar-refractivity contribution in [3.8, 4) is 0 Å². The highest BCUT2D eigenvalue weighted by atomic mass is 16.2. The highest BCUT2D eigenvalue weighted by Crippen LogP contribution is 2.29. The molecule has 1 aliphatic heterocycles. The van der Waals surface area contributed by atoms with Gasteiger partial charge < -0.3 is 15.5 Å². The Morgan fingerprint density at radius 2 is 2.19 bits per heavy atom. The van der Waals surface area contributed by atoms with Gasteiger partial charge in [0.1, 0.15) is 0 Å². The van der Waals surface area contributed by atoms with Crippen LogP contribution >= 0.6 is 0 Å². The van der Waals surface area contributed by atoms with E-state index in [0.29, 0.717) is 12.0 Å². The summed E-state index contributed by atoms with van der Waals surface area (Å²) >= 11 is 0. The van der Waals surface area contributed by atoms with E-state index >= 15 is 0 Å². The van der Waals surface area contributed by atoms with Crippen molar-refractivity contribution in [1.82, 2.24) is 9.80 Å². The molecule has 1 saturated carbocycles. The number of hydrogen-bond acceptors (Lipinski definition) is 3. The first kappa shape index (κ1) is 11.9. The van der Waals surface area contributed by atoms with Gasteiger partial charge in [-0.1, -0.05) is 0 Å². The van der Waals surface area contributed by atoms with E-state index in [1.54, 1.807) is 6.92 Å². The van der Waals surface area contributed by atoms with Gasteiger partial charge in [-0.3, -0.25) is 4.79 Å². The second kappa shape index (κ2) is 5.15. The molecule has 2 rings (SSSR count). The molecule has 0 bridgehead atoms. The minimum Gasteiger partial charge on any atom is -0.340 e. The monoisotopic (exact) mass is 225 g/mol. The molecule has 0 aromatic carbocycles. The molecule has 0 radical (unpaired) electrons. The molecule has 0 aromatic heterocycles. The first-order valence-electron chi connectivity index (χ1n) is 6.40. The summed E-state index contributed by atoms with van der Waals surface area (Å²) in [5.74, 6) is 0.913. The Hall–Kier alpha value is -0.610. The SMILES string of the molecule is CC(=O)N(CC1CCN(CCN)C1)C1CC1. The van der Waals surface area contributed by atoms with Gasteiger partial charge in [0.05, 0.1) is 0 Å². The van der Waals surface area contributed by atoms with Gasteiger partial charge in [0.25, 0.3) is 0 Å². The molecule has 1 saturated heterocycles. The highest BCUT2D eigenvalue weighted by Gasteiger charge is 2.33. The molecule has 92 valence electrons. The molecular weight excluding hydrogens is 202 g/mol. The predicted octanol–water partition coefficient (Wildman–Crippen LogP) is 0.278. The Bertz CT molecular complexity index is 253. The fourth-order valence-electron chi connectivity index (χ4n) is 2.65. The zero-order valence-electron chi connectivity index (χ0n) is 10.2. The molecule has 0 spiro atoms. The van der Waals surface area contributed by atoms with Crippen LogP contribution in [0.2, 0.25) is 0 Å². The second-order valence-corrected chi connectivity index (χ2v) is 5.15. The lowest BCUT2D eigenvalue weighted by atomic mass is 10.1. The van der Waals surface area contributed by atoms with Crippen molar-refractivity contribution in [3.05, 3.63) is 0 Å². The van der Waals surface area contributed by atoms with Gasteiger partial charge in [0.15, 0.2) is 0 Å². The molecular formula is C12H23N3O. The van der Waals surface area contributed by atoms with Gasteiger partial charge in [0.2, 0.25) is 5.91 Å². The molecule has 16 heavy (non-hydrogen) atoms. The standard InChI is InChI=1S/C12H23N3O/c1-10(16)15(12-2-3-12)9-11-4-6-14(8-11)7-5-13/h11-12H,2-9,13H2,1H3. The van der Waals surface area contributed by atoms with Gasteiger partial charge in [-0.25, -0.2) is 0 Å². The number of nitrogens with zero attached hydrogens (tertiary/aromatic N) is 2. The van der Waals surface area contributed by atoms with Crippen LogP contribution in [0.3, 0.4) is 0 Å². The fourth-order valence-corrected chi connectivity index (χ4v) is 2.65. The summed E-state index contributed by atoms with van der Waals surface area (Å²) in [5, 5.41) is 0. The summed E-state index contributed by atoms with van der Waals surface area (Å²) in [7, 11) is 0. The highest BCUT2D eigenvalue weighted by molar-refractivity contribution is 5.74. The van der Waals surface area contributed by atoms with Gasteiger partial charge in [-0.2, -0.15) is 0 Å². The number of rotatable bonds is 5. The first-order chi connectivity index (χ1) is 7.70. The lowest BCUT2D eigenvalue weighted by molar-refractivity contribution is -0.130. The zero-order valence-corrected chi connectivity index (χ0v) is 10.2. The maximum absolute atomic E-state index is 11.5. The van der Waals surface area contributed by atoms with Crippen molar-refractivity contribution in [2.45, 2.75) is 32.2 Å². The zero-order chi connectivity index (χ0) is 11.5. The van der Waals surface area contributed by atoms with Crippen LogP contribution in [0.15, 0.2) is 0 Å². The number of carbonyl (C=O) groups is 1. The second-order valence-electron chi connectivity index (χ2n) is 5.15. The molecule has 1 amide bonds. The predicted molar refractivity (Wildman–Crippen MR) is 64.0 cm³/mol. The van der Waals surface area contributed by atoms with Gasteiger partial charge in [-0.15, -0.1) is 0 Å². The smallest absolute Gasteiger partial charge is 0.219 e. The summed E-state index contributed by atoms with van der Waals surface area (Å²) in [4.78, 5) is 16.0. The van der Waals surface area contributed by atoms with E-state index in [2.05, 4.69) is 9.80 Å². The molecule has 2 fully saturated rings. The third-order valence-corrected chi connectivity index (χ3v) is 3.66. The van der Waals surface area contributed by atoms with Crippen LogP contribution in [0, 0.1) is 5.92 Å². The fraction of sp³-hybridized carbons (Fsp3) is 0.917. The number of nitrogens with two attached hydrogens (primary N) is 1. The summed E-state index contributed by atoms with van der Waals surface area (Å²) in [5.41, 5.74) is 5.56. The summed E-state index contributed by atoms with van der Waals surface area (Å²) in [6.45, 7) is 6.67. The molecule has 4 heteroatoms. The van der Waals surface area contributed by atoms with Crippen LogP contribution in [-0.4, -0.2) is 54.5 Å². The lowest BCUT2D eigenvalue weighted by Crippen LogP contribution is -2.36. The van der Waals surface area contributed by atoms with Gasteiger partial charge in [0, 0.05) is 39.1 Å². The Morgan fingerprint density at radius 3 is 2.75 bits per heavy atom. The topological polar surface area (TPSA) is 49.6 Å². The van der Waals surface area contributed by atoms with E-state index in [9.17, 15) is 4.79 Å². The van der Waals surface area contributed by atoms with Crippen molar-refractivity contribution in [1.29, 1.82) is 0 Å². The van der Waals surface area contributed by atoms with Crippen molar-refractivity contribution in [2.75, 3.05) is 32.7 Å². The Kier molecular flexibility index (Phi) is 3.82. The average molecular weight is 225 g/mol. The van der Waals surface area contributed by atoms with Crippen molar-refractivity contribution < 1.29 is 4.79 Å². The molecule has 1 atom stereocenters. The van der Waals surface area contributed by atoms with Crippen LogP contribution in [-0.2, 0) is 4.79 Å². The maximum Gasteiger partial charge on any atom is 0.219 e. The van der Waals surface area contributed by atoms with Gasteiger partial charge >= 0.3 is 0 Å². The molecule has 2 aliphatic rings. The normalized spacial score (nSPS) is 26.0. The van der Waals surface area contributed by atoms with Crippen LogP contribution in [0.5, 0.6) is 0 Å². The summed E-state index contributed by atoms with van der Waals surface area (Å²) in [6, 6.07) is 0.557. The van der Waals surface area contributed by atoms with Crippen LogP contribution in [0.1, 0.15) is 26.2 Å². The molecule has 1 unspecified atom stereocenters. The van der Waals surface area contributed by atoms with Crippen LogP contribution in [0.4, 0.5) is 0 Å². The molecule has 0 aromatic rings. The number of likely N-dealkylation sites (tertiary alicyclic amines) is 1. The van der Waals surface area contributed by atoms with Crippen molar-refractivity contribution in [2.24, 2.45) is 11.7 Å². The lowest BCUT2D eigenvalue weighted by Gasteiger charge is -2.24. The van der Waals surface area contributed by atoms with E-state index in [4.69, 9.17) is 5.73 Å². The minimum absolute atomic E-state index is 0.250. The first-order valence-corrected chi connectivity index (χ1v) is 6.40. The Labute approximate surface area is 97.8 Å². The molecule has 2 N–H and O–H groups in total. The van der Waals surface area contributed by atoms with E-state index in [0.717, 1.165) is 32.7 Å². The largest absolute Gasteiger partial charge is 0.340 e. The Morgan fingerprint density at radius 1 is 1.44 bits per heavy atom. The number of hydrogen-bond donors (Lipinski definition) is 1. The minimum atomic E-state index is 0.250. The van der Waals surface area contributed by atoms with E-state index < -0.39 is 0 Å². The van der Waals surface area contributed by atoms with E-state index in [1.165, 1.54) is 19.3 Å². The quantitative estimate of drug-likeness (QED) is 0.731. The van der Waals surface area contributed by atoms with Crippen molar-refractivity contribution in [3.63, 3.8) is 0 Å². The third-order valence-electron chi connectivity index (χ3n) is 3.66. The Balaban J connectivity index is 1.78. The summed E-state index contributed by atoms with van der Waals surface area (Å²) < 4.78 is 0. The van der Waals surface area contributed by atoms with Crippen LogP contribution in [0.25, 0.3) is 0 Å². The molecule has 1 aliphatic carbocycles. The number of carbonyl (C=O) groups excluding carboxylic acids is 1. The third kappa shape index (κ3) is 2.95. The molecule has 1 heterocycles. The average Bonchev–Trinajstić information content (AvgIpc) is 2.97. The van der Waals surface area contributed by atoms with E-state index in [-0.39, 0.29) is 5.91 Å². The van der Waals surface area contributed by atoms with Gasteiger partial charge in [-0.05, 0) is 31.7 Å². The molecule has 4 nitrogen and oxygen atoms in total. The number of amides is 1.